The van der Waals surface area contributed by atoms with Crippen molar-refractivity contribution in [2.75, 3.05) is 18.4 Å². The van der Waals surface area contributed by atoms with E-state index in [0.29, 0.717) is 19.0 Å². The molecule has 2 aliphatic rings. The van der Waals surface area contributed by atoms with E-state index in [1.54, 1.807) is 0 Å². The van der Waals surface area contributed by atoms with Gasteiger partial charge >= 0.3 is 0 Å². The van der Waals surface area contributed by atoms with Gasteiger partial charge in [-0.25, -0.2) is 4.98 Å². The van der Waals surface area contributed by atoms with Gasteiger partial charge in [-0.3, -0.25) is 14.9 Å². The summed E-state index contributed by atoms with van der Waals surface area (Å²) >= 11 is 0. The van der Waals surface area contributed by atoms with Crippen LogP contribution >= 0.6 is 0 Å². The Hall–Kier alpha value is -2.37. The summed E-state index contributed by atoms with van der Waals surface area (Å²) in [5.74, 6) is 1.08. The highest BCUT2D eigenvalue weighted by Gasteiger charge is 2.36. The maximum atomic E-state index is 12.9. The number of fused-ring (bicyclic) bond motifs is 1. The molecule has 1 aliphatic heterocycles. The molecule has 6 heteroatoms. The Morgan fingerprint density at radius 2 is 1.70 bits per heavy atom. The largest absolute Gasteiger partial charge is 0.342 e. The number of imidazole rings is 1. The van der Waals surface area contributed by atoms with Crippen LogP contribution in [0.1, 0.15) is 46.5 Å². The lowest BCUT2D eigenvalue weighted by Gasteiger charge is -2.31. The van der Waals surface area contributed by atoms with Gasteiger partial charge in [0, 0.05) is 30.5 Å². The fraction of sp³-hybridized carbons (Fsp3) is 0.571. The number of carbonyl (C=O) groups is 2. The number of likely N-dealkylation sites (tertiary alicyclic amines) is 1. The Morgan fingerprint density at radius 1 is 1.04 bits per heavy atom. The minimum atomic E-state index is -0.196. The normalized spacial score (nSPS) is 18.7. The van der Waals surface area contributed by atoms with Crippen molar-refractivity contribution in [1.29, 1.82) is 0 Å². The Labute approximate surface area is 159 Å². The van der Waals surface area contributed by atoms with E-state index in [-0.39, 0.29) is 29.2 Å². The Bertz CT molecular complexity index is 868. The van der Waals surface area contributed by atoms with Crippen molar-refractivity contribution < 1.29 is 9.59 Å². The van der Waals surface area contributed by atoms with Crippen LogP contribution in [0, 0.1) is 11.8 Å². The fourth-order valence-corrected chi connectivity index (χ4v) is 3.95. The number of piperidine rings is 1. The minimum absolute atomic E-state index is 0.00864. The molecule has 1 aliphatic carbocycles. The highest BCUT2D eigenvalue weighted by molar-refractivity contribution is 5.93. The molecule has 0 bridgehead atoms. The van der Waals surface area contributed by atoms with Crippen LogP contribution in [0.5, 0.6) is 0 Å². The molecule has 1 saturated heterocycles. The summed E-state index contributed by atoms with van der Waals surface area (Å²) in [6.45, 7) is 7.70. The zero-order valence-electron chi connectivity index (χ0n) is 16.4. The molecule has 4 rings (SSSR count). The van der Waals surface area contributed by atoms with E-state index >= 15 is 0 Å². The Morgan fingerprint density at radius 3 is 2.33 bits per heavy atom. The maximum Gasteiger partial charge on any atom is 0.229 e. The molecule has 2 heterocycles. The molecule has 2 aromatic rings. The number of amides is 2. The second kappa shape index (κ2) is 6.66. The third-order valence-corrected chi connectivity index (χ3v) is 5.57. The highest BCUT2D eigenvalue weighted by Crippen LogP contribution is 2.33. The average Bonchev–Trinajstić information content (AvgIpc) is 3.41. The molecule has 144 valence electrons. The lowest BCUT2D eigenvalue weighted by atomic mass is 9.95. The number of nitrogens with zero attached hydrogens (tertiary/aromatic N) is 3. The summed E-state index contributed by atoms with van der Waals surface area (Å²) in [5, 5.41) is 3.06. The molecular formula is C21H28N4O2. The predicted octanol–water partition coefficient (Wildman–Crippen LogP) is 3.38. The van der Waals surface area contributed by atoms with Gasteiger partial charge in [-0.05, 0) is 58.6 Å². The van der Waals surface area contributed by atoms with Gasteiger partial charge < -0.3 is 9.47 Å². The van der Waals surface area contributed by atoms with Crippen molar-refractivity contribution in [2.45, 2.75) is 52.0 Å². The number of benzene rings is 1. The molecule has 2 amide bonds. The molecule has 6 nitrogen and oxygen atoms in total. The number of carbonyl (C=O) groups excluding carboxylic acids is 2. The van der Waals surface area contributed by atoms with Gasteiger partial charge in [-0.15, -0.1) is 0 Å². The van der Waals surface area contributed by atoms with Gasteiger partial charge in [0.1, 0.15) is 0 Å². The number of anilines is 1. The first kappa shape index (κ1) is 18.0. The first-order chi connectivity index (χ1) is 12.8. The van der Waals surface area contributed by atoms with E-state index in [0.717, 1.165) is 36.7 Å². The number of nitrogens with one attached hydrogen (secondary N) is 1. The summed E-state index contributed by atoms with van der Waals surface area (Å²) in [6, 6.07) is 7.95. The van der Waals surface area contributed by atoms with E-state index in [1.807, 2.05) is 29.2 Å². The van der Waals surface area contributed by atoms with Crippen molar-refractivity contribution in [2.24, 2.45) is 11.8 Å². The SMILES string of the molecule is CC(C)(C)n1c(NC(=O)C2CCN(C(=O)C3CC3)CC2)nc2ccccc21. The molecule has 1 aromatic carbocycles. The van der Waals surface area contributed by atoms with Crippen molar-refractivity contribution >= 4 is 28.8 Å². The van der Waals surface area contributed by atoms with E-state index in [4.69, 9.17) is 0 Å². The third-order valence-electron chi connectivity index (χ3n) is 5.57. The zero-order valence-corrected chi connectivity index (χ0v) is 16.4. The molecule has 2 fully saturated rings. The number of hydrogen-bond donors (Lipinski definition) is 1. The predicted molar refractivity (Wildman–Crippen MR) is 105 cm³/mol. The molecule has 1 saturated carbocycles. The van der Waals surface area contributed by atoms with Gasteiger partial charge in [0.15, 0.2) is 0 Å². The molecule has 1 aromatic heterocycles. The molecule has 0 radical (unpaired) electrons. The van der Waals surface area contributed by atoms with Crippen molar-refractivity contribution in [3.63, 3.8) is 0 Å². The Balaban J connectivity index is 1.48. The van der Waals surface area contributed by atoms with E-state index < -0.39 is 0 Å². The van der Waals surface area contributed by atoms with Crippen molar-refractivity contribution in [1.82, 2.24) is 14.5 Å². The van der Waals surface area contributed by atoms with Crippen LogP contribution in [-0.2, 0) is 15.1 Å². The summed E-state index contributed by atoms with van der Waals surface area (Å²) in [4.78, 5) is 31.7. The second-order valence-electron chi connectivity index (χ2n) is 8.79. The second-order valence-corrected chi connectivity index (χ2v) is 8.79. The van der Waals surface area contributed by atoms with Crippen molar-refractivity contribution in [3.05, 3.63) is 24.3 Å². The van der Waals surface area contributed by atoms with Gasteiger partial charge in [-0.1, -0.05) is 12.1 Å². The van der Waals surface area contributed by atoms with Crippen LogP contribution in [0.2, 0.25) is 0 Å². The zero-order chi connectivity index (χ0) is 19.2. The topological polar surface area (TPSA) is 67.2 Å². The van der Waals surface area contributed by atoms with E-state index in [2.05, 4.69) is 35.6 Å². The summed E-state index contributed by atoms with van der Waals surface area (Å²) in [5.41, 5.74) is 1.70. The first-order valence-electron chi connectivity index (χ1n) is 9.92. The maximum absolute atomic E-state index is 12.9. The van der Waals surface area contributed by atoms with Crippen LogP contribution in [0.15, 0.2) is 24.3 Å². The van der Waals surface area contributed by atoms with Crippen LogP contribution in [-0.4, -0.2) is 39.4 Å². The number of para-hydroxylation sites is 2. The van der Waals surface area contributed by atoms with Crippen LogP contribution in [0.4, 0.5) is 5.95 Å². The van der Waals surface area contributed by atoms with Crippen molar-refractivity contribution in [3.8, 4) is 0 Å². The number of hydrogen-bond acceptors (Lipinski definition) is 3. The quantitative estimate of drug-likeness (QED) is 0.903. The highest BCUT2D eigenvalue weighted by atomic mass is 16.2. The van der Waals surface area contributed by atoms with E-state index in [1.165, 1.54) is 0 Å². The Kier molecular flexibility index (Phi) is 4.44. The molecule has 0 spiro atoms. The fourth-order valence-electron chi connectivity index (χ4n) is 3.95. The van der Waals surface area contributed by atoms with Crippen LogP contribution < -0.4 is 5.32 Å². The molecule has 1 N–H and O–H groups in total. The lowest BCUT2D eigenvalue weighted by Crippen LogP contribution is -2.42. The standard InChI is InChI=1S/C21H28N4O2/c1-21(2,3)25-17-7-5-4-6-16(17)22-20(25)23-18(26)14-10-12-24(13-11-14)19(27)15-8-9-15/h4-7,14-15H,8-13H2,1-3H3,(H,22,23,26). The third kappa shape index (κ3) is 3.57. The molecular weight excluding hydrogens is 340 g/mol. The lowest BCUT2D eigenvalue weighted by molar-refractivity contribution is -0.135. The molecule has 0 unspecified atom stereocenters. The molecule has 0 atom stereocenters. The van der Waals surface area contributed by atoms with Crippen LogP contribution in [0.3, 0.4) is 0 Å². The van der Waals surface area contributed by atoms with Gasteiger partial charge in [0.05, 0.1) is 11.0 Å². The molecule has 27 heavy (non-hydrogen) atoms. The summed E-state index contributed by atoms with van der Waals surface area (Å²) in [7, 11) is 0. The number of aromatic nitrogens is 2. The minimum Gasteiger partial charge on any atom is -0.342 e. The van der Waals surface area contributed by atoms with E-state index in [9.17, 15) is 9.59 Å². The summed E-state index contributed by atoms with van der Waals surface area (Å²) < 4.78 is 2.09. The smallest absolute Gasteiger partial charge is 0.229 e. The number of rotatable bonds is 3. The monoisotopic (exact) mass is 368 g/mol. The average molecular weight is 368 g/mol. The first-order valence-corrected chi connectivity index (χ1v) is 9.92. The van der Waals surface area contributed by atoms with Gasteiger partial charge in [-0.2, -0.15) is 0 Å². The van der Waals surface area contributed by atoms with Gasteiger partial charge in [0.2, 0.25) is 17.8 Å². The van der Waals surface area contributed by atoms with Gasteiger partial charge in [0.25, 0.3) is 0 Å². The summed E-state index contributed by atoms with van der Waals surface area (Å²) in [6.07, 6.45) is 3.50. The van der Waals surface area contributed by atoms with Crippen LogP contribution in [0.25, 0.3) is 11.0 Å².